The highest BCUT2D eigenvalue weighted by Gasteiger charge is 2.46. The molecule has 0 saturated carbocycles. The number of hydrogen-bond donors (Lipinski definition) is 0. The number of anilines is 3. The van der Waals surface area contributed by atoms with Gasteiger partial charge in [0.2, 0.25) is 0 Å². The molecule has 0 saturated heterocycles. The van der Waals surface area contributed by atoms with Crippen molar-refractivity contribution in [1.29, 1.82) is 0 Å². The Labute approximate surface area is 425 Å². The average Bonchev–Trinajstić information content (AvgIpc) is 4.01. The van der Waals surface area contributed by atoms with Crippen LogP contribution in [0.4, 0.5) is 17.1 Å². The van der Waals surface area contributed by atoms with Gasteiger partial charge < -0.3 is 9.32 Å². The van der Waals surface area contributed by atoms with Crippen LogP contribution in [0, 0.1) is 0 Å². The molecule has 342 valence electrons. The lowest BCUT2D eigenvalue weighted by atomic mass is 9.67. The third-order valence-electron chi connectivity index (χ3n) is 15.2. The third kappa shape index (κ3) is 6.94. The quantitative estimate of drug-likeness (QED) is 0.143. The second-order valence-electron chi connectivity index (χ2n) is 19.1. The van der Waals surface area contributed by atoms with Gasteiger partial charge in [-0.2, -0.15) is 0 Å². The third-order valence-corrected chi connectivity index (χ3v) is 15.2. The minimum atomic E-state index is -0.468. The summed E-state index contributed by atoms with van der Waals surface area (Å²) < 4.78 is 6.37. The van der Waals surface area contributed by atoms with Crippen molar-refractivity contribution in [2.75, 3.05) is 4.90 Å². The van der Waals surface area contributed by atoms with Gasteiger partial charge in [-0.05, 0) is 137 Å². The van der Waals surface area contributed by atoms with Crippen LogP contribution >= 0.6 is 0 Å². The maximum atomic E-state index is 6.37. The first-order valence-corrected chi connectivity index (χ1v) is 25.2. The number of para-hydroxylation sites is 1. The molecule has 1 aliphatic rings. The van der Waals surface area contributed by atoms with Crippen molar-refractivity contribution >= 4 is 49.8 Å². The first kappa shape index (κ1) is 42.4. The zero-order chi connectivity index (χ0) is 48.3. The zero-order valence-corrected chi connectivity index (χ0v) is 40.0. The number of benzene rings is 12. The van der Waals surface area contributed by atoms with Gasteiger partial charge >= 0.3 is 0 Å². The highest BCUT2D eigenvalue weighted by atomic mass is 16.3. The van der Waals surface area contributed by atoms with E-state index in [1.54, 1.807) is 0 Å². The summed E-state index contributed by atoms with van der Waals surface area (Å²) >= 11 is 0. The monoisotopic (exact) mass is 929 g/mol. The van der Waals surface area contributed by atoms with Crippen LogP contribution in [-0.4, -0.2) is 0 Å². The van der Waals surface area contributed by atoms with Gasteiger partial charge in [-0.25, -0.2) is 0 Å². The Kier molecular flexibility index (Phi) is 10.1. The molecule has 2 heteroatoms. The lowest BCUT2D eigenvalue weighted by Crippen LogP contribution is -2.28. The molecule has 73 heavy (non-hydrogen) atoms. The van der Waals surface area contributed by atoms with Crippen LogP contribution in [0.15, 0.2) is 290 Å². The Hall–Kier alpha value is -9.50. The standard InChI is InChI=1S/C71H47NO/c1-3-20-54(21-4-1)71(55-22-5-2-6-23-55)65-31-11-9-26-63(65)69-61(29-15-32-66(69)71)52-41-45-57(46-42-52)72(58-24-13-19-53(47-58)62-30-16-34-68-70(62)64-27-10-12-33-67(64)73-68)56-43-39-49(40-44-56)48-35-37-51(38-36-48)60-28-14-18-50-17-7-8-25-59(50)60/h1-47H. The molecular formula is C71H47NO. The molecule has 0 spiro atoms. The molecule has 12 aromatic carbocycles. The fourth-order valence-corrected chi connectivity index (χ4v) is 11.9. The molecule has 1 aliphatic carbocycles. The largest absolute Gasteiger partial charge is 0.456 e. The summed E-state index contributed by atoms with van der Waals surface area (Å²) in [4.78, 5) is 2.38. The second kappa shape index (κ2) is 17.4. The molecule has 14 rings (SSSR count). The van der Waals surface area contributed by atoms with Crippen LogP contribution in [0.5, 0.6) is 0 Å². The predicted octanol–water partition coefficient (Wildman–Crippen LogP) is 19.2. The Morgan fingerprint density at radius 1 is 0.288 bits per heavy atom. The van der Waals surface area contributed by atoms with Crippen LogP contribution in [0.25, 0.3) is 88.3 Å². The fraction of sp³-hybridized carbons (Fsp3) is 0.0141. The molecule has 0 amide bonds. The number of hydrogen-bond acceptors (Lipinski definition) is 2. The maximum absolute atomic E-state index is 6.37. The number of fused-ring (bicyclic) bond motifs is 7. The Morgan fingerprint density at radius 2 is 0.781 bits per heavy atom. The Balaban J connectivity index is 0.880. The van der Waals surface area contributed by atoms with E-state index in [1.807, 2.05) is 6.07 Å². The van der Waals surface area contributed by atoms with Gasteiger partial charge in [-0.1, -0.05) is 237 Å². The summed E-state index contributed by atoms with van der Waals surface area (Å²) in [5.74, 6) is 0. The van der Waals surface area contributed by atoms with Crippen LogP contribution < -0.4 is 4.90 Å². The van der Waals surface area contributed by atoms with Crippen LogP contribution in [0.1, 0.15) is 22.3 Å². The molecule has 0 unspecified atom stereocenters. The van der Waals surface area contributed by atoms with E-state index in [0.717, 1.165) is 55.7 Å². The minimum Gasteiger partial charge on any atom is -0.456 e. The van der Waals surface area contributed by atoms with Crippen LogP contribution in [0.2, 0.25) is 0 Å². The Morgan fingerprint density at radius 3 is 1.53 bits per heavy atom. The van der Waals surface area contributed by atoms with Crippen molar-refractivity contribution in [3.8, 4) is 55.6 Å². The van der Waals surface area contributed by atoms with Gasteiger partial charge in [-0.3, -0.25) is 0 Å². The highest BCUT2D eigenvalue weighted by Crippen LogP contribution is 2.58. The van der Waals surface area contributed by atoms with E-state index in [9.17, 15) is 0 Å². The molecule has 0 bridgehead atoms. The maximum Gasteiger partial charge on any atom is 0.136 e. The molecule has 2 nitrogen and oxygen atoms in total. The number of nitrogens with zero attached hydrogens (tertiary/aromatic N) is 1. The summed E-state index contributed by atoms with van der Waals surface area (Å²) in [6.07, 6.45) is 0. The Bertz CT molecular complexity index is 4130. The van der Waals surface area contributed by atoms with Gasteiger partial charge in [0.1, 0.15) is 11.2 Å². The molecule has 1 heterocycles. The average molecular weight is 930 g/mol. The first-order chi connectivity index (χ1) is 36.2. The van der Waals surface area contributed by atoms with E-state index >= 15 is 0 Å². The summed E-state index contributed by atoms with van der Waals surface area (Å²) in [7, 11) is 0. The second-order valence-corrected chi connectivity index (χ2v) is 19.1. The normalized spacial score (nSPS) is 12.5. The van der Waals surface area contributed by atoms with Crippen molar-refractivity contribution in [3.63, 3.8) is 0 Å². The summed E-state index contributed by atoms with van der Waals surface area (Å²) in [5, 5.41) is 4.76. The number of furan rings is 1. The number of rotatable bonds is 9. The van der Waals surface area contributed by atoms with Crippen molar-refractivity contribution in [2.24, 2.45) is 0 Å². The fourth-order valence-electron chi connectivity index (χ4n) is 11.9. The summed E-state index contributed by atoms with van der Waals surface area (Å²) in [6.45, 7) is 0. The van der Waals surface area contributed by atoms with Gasteiger partial charge in [0.15, 0.2) is 0 Å². The van der Waals surface area contributed by atoms with Crippen molar-refractivity contribution in [3.05, 3.63) is 307 Å². The van der Waals surface area contributed by atoms with E-state index in [1.165, 1.54) is 72.0 Å². The topological polar surface area (TPSA) is 16.4 Å². The molecular weight excluding hydrogens is 883 g/mol. The van der Waals surface area contributed by atoms with Crippen molar-refractivity contribution in [1.82, 2.24) is 0 Å². The van der Waals surface area contributed by atoms with Crippen molar-refractivity contribution < 1.29 is 4.42 Å². The summed E-state index contributed by atoms with van der Waals surface area (Å²) in [5.41, 5.74) is 21.6. The highest BCUT2D eigenvalue weighted by molar-refractivity contribution is 6.12. The smallest absolute Gasteiger partial charge is 0.136 e. The molecule has 0 fully saturated rings. The molecule has 0 N–H and O–H groups in total. The minimum absolute atomic E-state index is 0.468. The zero-order valence-electron chi connectivity index (χ0n) is 40.0. The van der Waals surface area contributed by atoms with E-state index < -0.39 is 5.41 Å². The van der Waals surface area contributed by atoms with E-state index in [4.69, 9.17) is 4.42 Å². The lowest BCUT2D eigenvalue weighted by Gasteiger charge is -2.34. The van der Waals surface area contributed by atoms with E-state index in [-0.39, 0.29) is 0 Å². The first-order valence-electron chi connectivity index (χ1n) is 25.2. The molecule has 1 aromatic heterocycles. The van der Waals surface area contributed by atoms with Crippen LogP contribution in [-0.2, 0) is 5.41 Å². The van der Waals surface area contributed by atoms with Crippen LogP contribution in [0.3, 0.4) is 0 Å². The SMILES string of the molecule is c1ccc(C2(c3ccccc3)c3ccccc3-c3c(-c4ccc(N(c5ccc(-c6ccc(-c7cccc8ccccc78)cc6)cc5)c5cccc(-c6cccc7oc8ccccc8c67)c5)cc4)cccc32)cc1. The van der Waals surface area contributed by atoms with E-state index in [2.05, 4.69) is 284 Å². The molecule has 0 atom stereocenters. The molecule has 13 aromatic rings. The lowest BCUT2D eigenvalue weighted by molar-refractivity contribution is 0.669. The van der Waals surface area contributed by atoms with Gasteiger partial charge in [0.25, 0.3) is 0 Å². The molecule has 0 aliphatic heterocycles. The van der Waals surface area contributed by atoms with Gasteiger partial charge in [0.05, 0.1) is 5.41 Å². The van der Waals surface area contributed by atoms with Gasteiger partial charge in [-0.15, -0.1) is 0 Å². The van der Waals surface area contributed by atoms with Crippen molar-refractivity contribution in [2.45, 2.75) is 5.41 Å². The van der Waals surface area contributed by atoms with E-state index in [0.29, 0.717) is 0 Å². The van der Waals surface area contributed by atoms with Gasteiger partial charge in [0, 0.05) is 27.8 Å². The summed E-state index contributed by atoms with van der Waals surface area (Å²) in [6, 6.07) is 104. The predicted molar refractivity (Wildman–Crippen MR) is 305 cm³/mol. The molecule has 0 radical (unpaired) electrons.